The van der Waals surface area contributed by atoms with Crippen LogP contribution in [-0.2, 0) is 6.42 Å². The lowest BCUT2D eigenvalue weighted by atomic mass is 9.96. The van der Waals surface area contributed by atoms with Crippen molar-refractivity contribution in [1.82, 2.24) is 5.43 Å². The van der Waals surface area contributed by atoms with Crippen molar-refractivity contribution in [1.29, 1.82) is 0 Å². The van der Waals surface area contributed by atoms with Crippen LogP contribution in [0.2, 0.25) is 0 Å². The minimum Gasteiger partial charge on any atom is -0.309 e. The van der Waals surface area contributed by atoms with Gasteiger partial charge < -0.3 is 5.43 Å². The second kappa shape index (κ2) is 8.68. The Morgan fingerprint density at radius 2 is 1.46 bits per heavy atom. The third-order valence-corrected chi connectivity index (χ3v) is 3.89. The zero-order chi connectivity index (χ0) is 16.5. The Hall–Kier alpha value is -2.87. The molecule has 0 fully saturated rings. The molecule has 2 heteroatoms. The Balaban J connectivity index is 0.000000203. The number of rotatable bonds is 1. The van der Waals surface area contributed by atoms with Crippen LogP contribution >= 0.6 is 0 Å². The molecule has 0 spiro atoms. The Morgan fingerprint density at radius 3 is 2.25 bits per heavy atom. The van der Waals surface area contributed by atoms with Crippen molar-refractivity contribution in [3.8, 4) is 0 Å². The van der Waals surface area contributed by atoms with E-state index in [2.05, 4.69) is 71.2 Å². The molecule has 120 valence electrons. The number of benzene rings is 2. The molecule has 24 heavy (non-hydrogen) atoms. The quantitative estimate of drug-likeness (QED) is 0.814. The summed E-state index contributed by atoms with van der Waals surface area (Å²) in [6.07, 6.45) is 14.5. The molecular formula is C22H22N2. The van der Waals surface area contributed by atoms with Gasteiger partial charge >= 0.3 is 0 Å². The fourth-order valence-corrected chi connectivity index (χ4v) is 2.69. The van der Waals surface area contributed by atoms with E-state index in [1.807, 2.05) is 30.4 Å². The average molecular weight is 314 g/mol. The Kier molecular flexibility index (Phi) is 5.79. The summed E-state index contributed by atoms with van der Waals surface area (Å²) < 4.78 is 0. The van der Waals surface area contributed by atoms with Gasteiger partial charge in [0.2, 0.25) is 0 Å². The summed E-state index contributed by atoms with van der Waals surface area (Å²) in [6.45, 7) is 0.896. The third-order valence-electron chi connectivity index (χ3n) is 3.89. The Labute approximate surface area is 143 Å². The Morgan fingerprint density at radius 1 is 0.750 bits per heavy atom. The van der Waals surface area contributed by atoms with Gasteiger partial charge in [-0.05, 0) is 18.4 Å². The maximum Gasteiger partial charge on any atom is 0.0976 e. The van der Waals surface area contributed by atoms with Crippen molar-refractivity contribution in [2.45, 2.75) is 12.8 Å². The Bertz CT molecular complexity index is 754. The number of nitrogens with zero attached hydrogens (tertiary/aromatic N) is 1. The third kappa shape index (κ3) is 4.32. The highest BCUT2D eigenvalue weighted by atomic mass is 15.3. The van der Waals surface area contributed by atoms with E-state index in [1.54, 1.807) is 0 Å². The molecule has 0 radical (unpaired) electrons. The van der Waals surface area contributed by atoms with Crippen LogP contribution in [0.25, 0.3) is 0 Å². The van der Waals surface area contributed by atoms with Gasteiger partial charge in [-0.3, -0.25) is 0 Å². The molecule has 1 aliphatic carbocycles. The molecule has 2 aromatic carbocycles. The summed E-state index contributed by atoms with van der Waals surface area (Å²) >= 11 is 0. The van der Waals surface area contributed by atoms with Gasteiger partial charge in [-0.1, -0.05) is 91.1 Å². The van der Waals surface area contributed by atoms with Crippen LogP contribution in [0.5, 0.6) is 0 Å². The molecule has 0 saturated carbocycles. The van der Waals surface area contributed by atoms with Crippen LogP contribution < -0.4 is 5.43 Å². The van der Waals surface area contributed by atoms with Crippen LogP contribution in [0, 0.1) is 0 Å². The zero-order valence-electron chi connectivity index (χ0n) is 13.7. The average Bonchev–Trinajstić information content (AvgIpc) is 3.07. The van der Waals surface area contributed by atoms with Gasteiger partial charge in [-0.25, -0.2) is 0 Å². The maximum absolute atomic E-state index is 4.50. The van der Waals surface area contributed by atoms with Crippen molar-refractivity contribution in [3.63, 3.8) is 0 Å². The molecule has 1 aliphatic heterocycles. The van der Waals surface area contributed by atoms with E-state index in [-0.39, 0.29) is 0 Å². The van der Waals surface area contributed by atoms with E-state index < -0.39 is 0 Å². The molecule has 0 bridgehead atoms. The highest BCUT2D eigenvalue weighted by molar-refractivity contribution is 6.13. The van der Waals surface area contributed by atoms with Gasteiger partial charge in [0, 0.05) is 17.7 Å². The topological polar surface area (TPSA) is 24.4 Å². The molecular weight excluding hydrogens is 292 g/mol. The fourth-order valence-electron chi connectivity index (χ4n) is 2.69. The van der Waals surface area contributed by atoms with Crippen LogP contribution in [0.3, 0.4) is 0 Å². The summed E-state index contributed by atoms with van der Waals surface area (Å²) in [5.74, 6) is 0. The lowest BCUT2D eigenvalue weighted by Crippen LogP contribution is -2.10. The van der Waals surface area contributed by atoms with Gasteiger partial charge in [0.05, 0.1) is 5.71 Å². The van der Waals surface area contributed by atoms with Gasteiger partial charge in [-0.2, -0.15) is 5.10 Å². The first-order chi connectivity index (χ1) is 11.9. The molecule has 1 heterocycles. The molecule has 0 saturated heterocycles. The minimum absolute atomic E-state index is 0.896. The number of allylic oxidation sites excluding steroid dienone is 6. The van der Waals surface area contributed by atoms with E-state index in [0.717, 1.165) is 30.7 Å². The summed E-state index contributed by atoms with van der Waals surface area (Å²) in [7, 11) is 0. The summed E-state index contributed by atoms with van der Waals surface area (Å²) in [5, 5.41) is 4.50. The lowest BCUT2D eigenvalue weighted by Gasteiger charge is -2.08. The van der Waals surface area contributed by atoms with Gasteiger partial charge in [0.1, 0.15) is 0 Å². The van der Waals surface area contributed by atoms with Gasteiger partial charge in [0.15, 0.2) is 0 Å². The monoisotopic (exact) mass is 314 g/mol. The molecule has 4 rings (SSSR count). The van der Waals surface area contributed by atoms with Crippen molar-refractivity contribution < 1.29 is 0 Å². The van der Waals surface area contributed by atoms with E-state index in [1.165, 1.54) is 11.1 Å². The molecule has 2 nitrogen and oxygen atoms in total. The molecule has 1 N–H and O–H groups in total. The van der Waals surface area contributed by atoms with Crippen LogP contribution in [0.1, 0.15) is 23.1 Å². The van der Waals surface area contributed by atoms with Gasteiger partial charge in [0.25, 0.3) is 0 Å². The lowest BCUT2D eigenvalue weighted by molar-refractivity contribution is 0.741. The summed E-state index contributed by atoms with van der Waals surface area (Å²) in [5.41, 5.74) is 7.93. The molecule has 2 aromatic rings. The van der Waals surface area contributed by atoms with Gasteiger partial charge in [-0.15, -0.1) is 0 Å². The summed E-state index contributed by atoms with van der Waals surface area (Å²) in [6, 6.07) is 18.8. The predicted molar refractivity (Wildman–Crippen MR) is 102 cm³/mol. The second-order valence-electron chi connectivity index (χ2n) is 5.62. The predicted octanol–water partition coefficient (Wildman–Crippen LogP) is 4.64. The number of fused-ring (bicyclic) bond motifs is 1. The molecule has 0 atom stereocenters. The van der Waals surface area contributed by atoms with Crippen molar-refractivity contribution in [2.24, 2.45) is 5.10 Å². The fraction of sp³-hybridized carbons (Fsp3) is 0.136. The van der Waals surface area contributed by atoms with Crippen molar-refractivity contribution >= 4 is 5.71 Å². The number of hydrogen-bond acceptors (Lipinski definition) is 2. The number of hydrazone groups is 1. The maximum atomic E-state index is 4.50. The van der Waals surface area contributed by atoms with Crippen molar-refractivity contribution in [2.75, 3.05) is 6.54 Å². The van der Waals surface area contributed by atoms with Crippen LogP contribution in [0.15, 0.2) is 96.2 Å². The number of hydrogen-bond donors (Lipinski definition) is 1. The van der Waals surface area contributed by atoms with E-state index in [9.17, 15) is 0 Å². The highest BCUT2D eigenvalue weighted by Crippen LogP contribution is 2.17. The van der Waals surface area contributed by atoms with Crippen LogP contribution in [-0.4, -0.2) is 12.3 Å². The second-order valence-corrected chi connectivity index (χ2v) is 5.62. The summed E-state index contributed by atoms with van der Waals surface area (Å²) in [4.78, 5) is 0. The first-order valence-electron chi connectivity index (χ1n) is 8.38. The van der Waals surface area contributed by atoms with E-state index >= 15 is 0 Å². The van der Waals surface area contributed by atoms with E-state index in [4.69, 9.17) is 0 Å². The first kappa shape index (κ1) is 16.0. The molecule has 0 aromatic heterocycles. The van der Waals surface area contributed by atoms with Crippen molar-refractivity contribution in [3.05, 3.63) is 108 Å². The smallest absolute Gasteiger partial charge is 0.0976 e. The minimum atomic E-state index is 0.896. The SMILES string of the molecule is C1=CC=CCC=C1.c1ccc(C2=NNCCc3ccccc32)cc1. The largest absolute Gasteiger partial charge is 0.309 e. The van der Waals surface area contributed by atoms with Crippen LogP contribution in [0.4, 0.5) is 0 Å². The first-order valence-corrected chi connectivity index (χ1v) is 8.38. The molecule has 2 aliphatic rings. The normalized spacial score (nSPS) is 15.1. The molecule has 0 amide bonds. The standard InChI is InChI=1S/C15H14N2.C7H8/c1-2-7-13(8-3-1)15-14-9-5-4-6-12(14)10-11-16-17-15;1-2-4-6-7-5-3-1/h1-9,16H,10-11H2;1-6H,7H2. The number of nitrogens with one attached hydrogen (secondary N) is 1. The molecule has 0 unspecified atom stereocenters. The van der Waals surface area contributed by atoms with E-state index in [0.29, 0.717) is 0 Å². The highest BCUT2D eigenvalue weighted by Gasteiger charge is 2.13. The zero-order valence-corrected chi connectivity index (χ0v) is 13.7.